The lowest BCUT2D eigenvalue weighted by Gasteiger charge is -2.28. The van der Waals surface area contributed by atoms with Gasteiger partial charge in [-0.2, -0.15) is 0 Å². The number of nitrogens with one attached hydrogen (secondary N) is 1. The van der Waals surface area contributed by atoms with Crippen LogP contribution in [0, 0.1) is 0 Å². The number of carbonyl (C=O) groups is 2. The van der Waals surface area contributed by atoms with Crippen LogP contribution in [0.4, 0.5) is 11.4 Å². The molecular formula is C19H18BrN3O3S. The summed E-state index contributed by atoms with van der Waals surface area (Å²) in [6.07, 6.45) is 0.126. The summed E-state index contributed by atoms with van der Waals surface area (Å²) in [6, 6.07) is 14.5. The first-order valence-electron chi connectivity index (χ1n) is 8.18. The van der Waals surface area contributed by atoms with Crippen LogP contribution in [-0.4, -0.2) is 41.3 Å². The smallest absolute Gasteiger partial charge is 0.238 e. The number of amidine groups is 1. The lowest BCUT2D eigenvalue weighted by molar-refractivity contribution is -0.128. The van der Waals surface area contributed by atoms with Crippen molar-refractivity contribution in [1.29, 1.82) is 0 Å². The molecule has 0 saturated carbocycles. The molecule has 2 aromatic carbocycles. The van der Waals surface area contributed by atoms with Gasteiger partial charge in [-0.05, 0) is 36.4 Å². The minimum absolute atomic E-state index is 0.126. The summed E-state index contributed by atoms with van der Waals surface area (Å²) >= 11 is 4.64. The predicted octanol–water partition coefficient (Wildman–Crippen LogP) is 4.05. The number of rotatable bonds is 4. The van der Waals surface area contributed by atoms with E-state index in [9.17, 15) is 9.59 Å². The van der Waals surface area contributed by atoms with Crippen molar-refractivity contribution in [2.45, 2.75) is 11.7 Å². The Balaban J connectivity index is 1.77. The first-order chi connectivity index (χ1) is 13.0. The van der Waals surface area contributed by atoms with Crippen molar-refractivity contribution in [2.24, 2.45) is 4.99 Å². The molecule has 0 bridgehead atoms. The average Bonchev–Trinajstić information content (AvgIpc) is 2.67. The Morgan fingerprint density at radius 3 is 2.74 bits per heavy atom. The van der Waals surface area contributed by atoms with Crippen LogP contribution in [0.3, 0.4) is 0 Å². The normalized spacial score (nSPS) is 18.5. The Hall–Kier alpha value is -2.32. The topological polar surface area (TPSA) is 71.0 Å². The van der Waals surface area contributed by atoms with Gasteiger partial charge in [-0.1, -0.05) is 33.8 Å². The number of aliphatic imine (C=N–C) groups is 1. The molecule has 1 aliphatic rings. The summed E-state index contributed by atoms with van der Waals surface area (Å²) < 4.78 is 6.13. The summed E-state index contributed by atoms with van der Waals surface area (Å²) in [7, 11) is 3.25. The van der Waals surface area contributed by atoms with E-state index in [2.05, 4.69) is 26.2 Å². The molecule has 1 aliphatic heterocycles. The summed E-state index contributed by atoms with van der Waals surface area (Å²) in [5.74, 6) is 0.310. The van der Waals surface area contributed by atoms with Gasteiger partial charge in [0.15, 0.2) is 5.17 Å². The second-order valence-electron chi connectivity index (χ2n) is 5.86. The maximum atomic E-state index is 12.6. The SMILES string of the molecule is COc1cccc(N=C2SC(C(=O)Nc3ccc(Br)cc3)CC(=O)N2C)c1. The quantitative estimate of drug-likeness (QED) is 0.767. The Bertz CT molecular complexity index is 886. The molecule has 27 heavy (non-hydrogen) atoms. The molecule has 1 unspecified atom stereocenters. The second kappa shape index (κ2) is 8.58. The van der Waals surface area contributed by atoms with E-state index in [-0.39, 0.29) is 18.2 Å². The van der Waals surface area contributed by atoms with Crippen molar-refractivity contribution in [3.8, 4) is 5.75 Å². The number of anilines is 1. The third-order valence-electron chi connectivity index (χ3n) is 3.95. The zero-order chi connectivity index (χ0) is 19.4. The Morgan fingerprint density at radius 1 is 1.30 bits per heavy atom. The number of ether oxygens (including phenoxy) is 1. The van der Waals surface area contributed by atoms with E-state index >= 15 is 0 Å². The molecule has 0 spiro atoms. The van der Waals surface area contributed by atoms with Crippen LogP contribution in [-0.2, 0) is 9.59 Å². The average molecular weight is 448 g/mol. The molecule has 1 saturated heterocycles. The molecular weight excluding hydrogens is 430 g/mol. The first-order valence-corrected chi connectivity index (χ1v) is 9.86. The van der Waals surface area contributed by atoms with Crippen LogP contribution in [0.1, 0.15) is 6.42 Å². The third kappa shape index (κ3) is 4.90. The molecule has 1 fully saturated rings. The molecule has 1 atom stereocenters. The highest BCUT2D eigenvalue weighted by molar-refractivity contribution is 9.10. The number of carbonyl (C=O) groups excluding carboxylic acids is 2. The van der Waals surface area contributed by atoms with Crippen LogP contribution in [0.15, 0.2) is 58.0 Å². The van der Waals surface area contributed by atoms with E-state index in [4.69, 9.17) is 4.74 Å². The zero-order valence-electron chi connectivity index (χ0n) is 14.8. The Labute approximate surface area is 170 Å². The lowest BCUT2D eigenvalue weighted by Crippen LogP contribution is -2.43. The highest BCUT2D eigenvalue weighted by atomic mass is 79.9. The molecule has 0 radical (unpaired) electrons. The van der Waals surface area contributed by atoms with E-state index in [0.29, 0.717) is 22.3 Å². The summed E-state index contributed by atoms with van der Waals surface area (Å²) in [5.41, 5.74) is 1.34. The monoisotopic (exact) mass is 447 g/mol. The van der Waals surface area contributed by atoms with Gasteiger partial charge >= 0.3 is 0 Å². The fourth-order valence-corrected chi connectivity index (χ4v) is 3.77. The van der Waals surface area contributed by atoms with Crippen LogP contribution >= 0.6 is 27.7 Å². The van der Waals surface area contributed by atoms with Gasteiger partial charge in [0.05, 0.1) is 12.8 Å². The summed E-state index contributed by atoms with van der Waals surface area (Å²) in [4.78, 5) is 31.0. The molecule has 0 aliphatic carbocycles. The predicted molar refractivity (Wildman–Crippen MR) is 112 cm³/mol. The number of amides is 2. The maximum absolute atomic E-state index is 12.6. The number of methoxy groups -OCH3 is 1. The third-order valence-corrected chi connectivity index (χ3v) is 5.72. The lowest BCUT2D eigenvalue weighted by atomic mass is 10.2. The van der Waals surface area contributed by atoms with Crippen molar-refractivity contribution in [2.75, 3.05) is 19.5 Å². The largest absolute Gasteiger partial charge is 0.497 e. The number of benzene rings is 2. The van der Waals surface area contributed by atoms with Gasteiger partial charge in [0.25, 0.3) is 0 Å². The highest BCUT2D eigenvalue weighted by Crippen LogP contribution is 2.30. The van der Waals surface area contributed by atoms with Crippen molar-refractivity contribution in [1.82, 2.24) is 4.90 Å². The number of nitrogens with zero attached hydrogens (tertiary/aromatic N) is 2. The number of halogens is 1. The molecule has 3 rings (SSSR count). The van der Waals surface area contributed by atoms with Crippen molar-refractivity contribution < 1.29 is 14.3 Å². The standard InChI is InChI=1S/C19H18BrN3O3S/c1-23-17(24)11-16(18(25)21-13-8-6-12(20)7-9-13)27-19(23)22-14-4-3-5-15(10-14)26-2/h3-10,16H,11H2,1-2H3,(H,21,25). The van der Waals surface area contributed by atoms with E-state index < -0.39 is 5.25 Å². The molecule has 0 aromatic heterocycles. The zero-order valence-corrected chi connectivity index (χ0v) is 17.2. The van der Waals surface area contributed by atoms with Gasteiger partial charge in [0.1, 0.15) is 11.0 Å². The van der Waals surface area contributed by atoms with Gasteiger partial charge < -0.3 is 10.1 Å². The van der Waals surface area contributed by atoms with E-state index in [1.807, 2.05) is 30.3 Å². The maximum Gasteiger partial charge on any atom is 0.238 e. The minimum Gasteiger partial charge on any atom is -0.497 e. The molecule has 1 N–H and O–H groups in total. The molecule has 1 heterocycles. The van der Waals surface area contributed by atoms with Gasteiger partial charge in [-0.25, -0.2) is 4.99 Å². The van der Waals surface area contributed by atoms with Crippen LogP contribution in [0.2, 0.25) is 0 Å². The fourth-order valence-electron chi connectivity index (χ4n) is 2.44. The number of thioether (sulfide) groups is 1. The van der Waals surface area contributed by atoms with Crippen LogP contribution in [0.25, 0.3) is 0 Å². The first kappa shape index (κ1) is 19.4. The van der Waals surface area contributed by atoms with Crippen molar-refractivity contribution >= 4 is 56.0 Å². The molecule has 2 amide bonds. The molecule has 140 valence electrons. The van der Waals surface area contributed by atoms with Crippen molar-refractivity contribution in [3.05, 3.63) is 53.0 Å². The second-order valence-corrected chi connectivity index (χ2v) is 7.94. The number of hydrogen-bond donors (Lipinski definition) is 1. The molecule has 8 heteroatoms. The van der Waals surface area contributed by atoms with Gasteiger partial charge in [0.2, 0.25) is 11.8 Å². The summed E-state index contributed by atoms with van der Waals surface area (Å²) in [5, 5.41) is 2.79. The van der Waals surface area contributed by atoms with Crippen LogP contribution < -0.4 is 10.1 Å². The van der Waals surface area contributed by atoms with Crippen molar-refractivity contribution in [3.63, 3.8) is 0 Å². The van der Waals surface area contributed by atoms with Gasteiger partial charge in [-0.15, -0.1) is 0 Å². The minimum atomic E-state index is -0.540. The Kier molecular flexibility index (Phi) is 6.18. The van der Waals surface area contributed by atoms with Crippen LogP contribution in [0.5, 0.6) is 5.75 Å². The fraction of sp³-hybridized carbons (Fsp3) is 0.211. The van der Waals surface area contributed by atoms with Gasteiger partial charge in [0, 0.05) is 29.7 Å². The molecule has 2 aromatic rings. The molecule has 6 nitrogen and oxygen atoms in total. The Morgan fingerprint density at radius 2 is 2.04 bits per heavy atom. The summed E-state index contributed by atoms with van der Waals surface area (Å²) in [6.45, 7) is 0. The van der Waals surface area contributed by atoms with E-state index in [1.165, 1.54) is 16.7 Å². The number of hydrogen-bond acceptors (Lipinski definition) is 5. The van der Waals surface area contributed by atoms with E-state index in [0.717, 1.165) is 4.47 Å². The highest BCUT2D eigenvalue weighted by Gasteiger charge is 2.34. The van der Waals surface area contributed by atoms with E-state index in [1.54, 1.807) is 32.4 Å². The van der Waals surface area contributed by atoms with Gasteiger partial charge in [-0.3, -0.25) is 14.5 Å².